The van der Waals surface area contributed by atoms with Crippen LogP contribution in [0.25, 0.3) is 0 Å². The minimum absolute atomic E-state index is 0.520. The minimum Gasteiger partial charge on any atom is -0.370 e. The average Bonchev–Trinajstić information content (AvgIpc) is 2.39. The van der Waals surface area contributed by atoms with E-state index in [0.29, 0.717) is 26.2 Å². The molecule has 0 unspecified atom stereocenters. The van der Waals surface area contributed by atoms with E-state index >= 15 is 0 Å². The van der Waals surface area contributed by atoms with Crippen molar-refractivity contribution in [2.24, 2.45) is 0 Å². The average molecular weight is 284 g/mol. The number of aromatic nitrogens is 1. The molecule has 6 nitrogen and oxygen atoms in total. The van der Waals surface area contributed by atoms with E-state index in [1.807, 2.05) is 25.1 Å². The second-order valence-corrected chi connectivity index (χ2v) is 6.54. The predicted molar refractivity (Wildman–Crippen MR) is 77.0 cm³/mol. The van der Waals surface area contributed by atoms with Crippen LogP contribution in [0.15, 0.2) is 18.2 Å². The fraction of sp³-hybridized carbons (Fsp3) is 0.583. The molecule has 0 spiro atoms. The second kappa shape index (κ2) is 5.75. The molecule has 1 aromatic heterocycles. The Morgan fingerprint density at radius 2 is 1.95 bits per heavy atom. The standard InChI is InChI=1S/C12H20N4O2S/c1-3-13-11-5-4-6-12(14-11)15-7-9-16(10-8-15)19(2,17)18/h4-6H,3,7-10H2,1-2H3,(H,13,14). The second-order valence-electron chi connectivity index (χ2n) is 4.56. The predicted octanol–water partition coefficient (Wildman–Crippen LogP) is 0.595. The zero-order valence-electron chi connectivity index (χ0n) is 11.3. The smallest absolute Gasteiger partial charge is 0.211 e. The van der Waals surface area contributed by atoms with Crippen LogP contribution in [0.4, 0.5) is 11.6 Å². The number of hydrogen-bond donors (Lipinski definition) is 1. The summed E-state index contributed by atoms with van der Waals surface area (Å²) in [4.78, 5) is 6.63. The first-order valence-corrected chi connectivity index (χ1v) is 8.26. The Morgan fingerprint density at radius 3 is 2.53 bits per heavy atom. The summed E-state index contributed by atoms with van der Waals surface area (Å²) in [6.45, 7) is 5.25. The van der Waals surface area contributed by atoms with Gasteiger partial charge in [-0.15, -0.1) is 0 Å². The highest BCUT2D eigenvalue weighted by molar-refractivity contribution is 7.88. The van der Waals surface area contributed by atoms with Crippen LogP contribution >= 0.6 is 0 Å². The van der Waals surface area contributed by atoms with Crippen molar-refractivity contribution in [2.45, 2.75) is 6.92 Å². The molecule has 0 bridgehead atoms. The SMILES string of the molecule is CCNc1cccc(N2CCN(S(C)(=O)=O)CC2)n1. The first-order valence-electron chi connectivity index (χ1n) is 6.41. The van der Waals surface area contributed by atoms with Gasteiger partial charge in [-0.1, -0.05) is 6.07 Å². The summed E-state index contributed by atoms with van der Waals surface area (Å²) in [6, 6.07) is 5.85. The van der Waals surface area contributed by atoms with Crippen molar-refractivity contribution in [3.8, 4) is 0 Å². The molecule has 0 aliphatic carbocycles. The van der Waals surface area contributed by atoms with Gasteiger partial charge in [0.2, 0.25) is 10.0 Å². The lowest BCUT2D eigenvalue weighted by molar-refractivity contribution is 0.387. The van der Waals surface area contributed by atoms with Crippen LogP contribution < -0.4 is 10.2 Å². The highest BCUT2D eigenvalue weighted by Crippen LogP contribution is 2.17. The van der Waals surface area contributed by atoms with Gasteiger partial charge in [0.1, 0.15) is 11.6 Å². The first kappa shape index (κ1) is 14.1. The molecule has 0 radical (unpaired) electrons. The number of sulfonamides is 1. The molecule has 0 aromatic carbocycles. The van der Waals surface area contributed by atoms with Gasteiger partial charge in [0.15, 0.2) is 0 Å². The van der Waals surface area contributed by atoms with Gasteiger partial charge in [0, 0.05) is 32.7 Å². The largest absolute Gasteiger partial charge is 0.370 e. The zero-order chi connectivity index (χ0) is 13.9. The highest BCUT2D eigenvalue weighted by Gasteiger charge is 2.23. The Kier molecular flexibility index (Phi) is 4.26. The van der Waals surface area contributed by atoms with Crippen LogP contribution in [0.3, 0.4) is 0 Å². The topological polar surface area (TPSA) is 65.5 Å². The number of pyridine rings is 1. The number of hydrogen-bond acceptors (Lipinski definition) is 5. The van der Waals surface area contributed by atoms with Crippen molar-refractivity contribution in [1.82, 2.24) is 9.29 Å². The van der Waals surface area contributed by atoms with Gasteiger partial charge >= 0.3 is 0 Å². The summed E-state index contributed by atoms with van der Waals surface area (Å²) in [5.41, 5.74) is 0. The normalized spacial score (nSPS) is 17.5. The van der Waals surface area contributed by atoms with Crippen molar-refractivity contribution in [3.05, 3.63) is 18.2 Å². The Balaban J connectivity index is 2.03. The third-order valence-electron chi connectivity index (χ3n) is 3.12. The Morgan fingerprint density at radius 1 is 1.26 bits per heavy atom. The molecular formula is C12H20N4O2S. The number of nitrogens with zero attached hydrogens (tertiary/aromatic N) is 3. The fourth-order valence-electron chi connectivity index (χ4n) is 2.13. The van der Waals surface area contributed by atoms with Crippen molar-refractivity contribution in [3.63, 3.8) is 0 Å². The van der Waals surface area contributed by atoms with Crippen LogP contribution in [0.1, 0.15) is 6.92 Å². The molecule has 7 heteroatoms. The molecule has 0 saturated carbocycles. The number of anilines is 2. The van der Waals surface area contributed by atoms with E-state index in [4.69, 9.17) is 0 Å². The first-order chi connectivity index (χ1) is 9.00. The van der Waals surface area contributed by atoms with Gasteiger partial charge in [0.25, 0.3) is 0 Å². The summed E-state index contributed by atoms with van der Waals surface area (Å²) in [5, 5.41) is 3.18. The molecule has 19 heavy (non-hydrogen) atoms. The molecule has 2 heterocycles. The van der Waals surface area contributed by atoms with Gasteiger partial charge in [-0.05, 0) is 19.1 Å². The van der Waals surface area contributed by atoms with Gasteiger partial charge < -0.3 is 10.2 Å². The maximum atomic E-state index is 11.5. The van der Waals surface area contributed by atoms with Crippen LogP contribution in [0.5, 0.6) is 0 Å². The monoisotopic (exact) mass is 284 g/mol. The van der Waals surface area contributed by atoms with E-state index in [1.165, 1.54) is 10.6 Å². The molecule has 1 saturated heterocycles. The molecule has 1 aliphatic heterocycles. The number of nitrogens with one attached hydrogen (secondary N) is 1. The van der Waals surface area contributed by atoms with Crippen LogP contribution in [-0.2, 0) is 10.0 Å². The van der Waals surface area contributed by atoms with E-state index in [1.54, 1.807) is 0 Å². The van der Waals surface area contributed by atoms with Crippen molar-refractivity contribution in [1.29, 1.82) is 0 Å². The molecule has 1 aromatic rings. The summed E-state index contributed by atoms with van der Waals surface area (Å²) >= 11 is 0. The van der Waals surface area contributed by atoms with E-state index in [0.717, 1.165) is 18.2 Å². The number of piperazine rings is 1. The Bertz CT molecular complexity index is 524. The molecule has 0 amide bonds. The van der Waals surface area contributed by atoms with Crippen LogP contribution in [0.2, 0.25) is 0 Å². The fourth-order valence-corrected chi connectivity index (χ4v) is 2.95. The summed E-state index contributed by atoms with van der Waals surface area (Å²) < 4.78 is 24.4. The molecule has 2 rings (SSSR count). The molecule has 1 aliphatic rings. The zero-order valence-corrected chi connectivity index (χ0v) is 12.2. The maximum absolute atomic E-state index is 11.5. The summed E-state index contributed by atoms with van der Waals surface area (Å²) in [5.74, 6) is 1.75. The Labute approximate surface area is 114 Å². The van der Waals surface area contributed by atoms with Crippen molar-refractivity contribution in [2.75, 3.05) is 49.2 Å². The summed E-state index contributed by atoms with van der Waals surface area (Å²) in [7, 11) is -3.07. The van der Waals surface area contributed by atoms with Crippen molar-refractivity contribution < 1.29 is 8.42 Å². The molecule has 106 valence electrons. The minimum atomic E-state index is -3.07. The van der Waals surface area contributed by atoms with Crippen LogP contribution in [0, 0.1) is 0 Å². The van der Waals surface area contributed by atoms with Gasteiger partial charge in [0.05, 0.1) is 6.26 Å². The van der Waals surface area contributed by atoms with Gasteiger partial charge in [-0.2, -0.15) is 4.31 Å². The van der Waals surface area contributed by atoms with E-state index in [-0.39, 0.29) is 0 Å². The highest BCUT2D eigenvalue weighted by atomic mass is 32.2. The summed E-state index contributed by atoms with van der Waals surface area (Å²) in [6.07, 6.45) is 1.26. The van der Waals surface area contributed by atoms with Gasteiger partial charge in [-0.25, -0.2) is 13.4 Å². The van der Waals surface area contributed by atoms with Crippen LogP contribution in [-0.4, -0.2) is 56.7 Å². The molecule has 0 atom stereocenters. The van der Waals surface area contributed by atoms with E-state index < -0.39 is 10.0 Å². The third kappa shape index (κ3) is 3.57. The lowest BCUT2D eigenvalue weighted by atomic mass is 10.3. The quantitative estimate of drug-likeness (QED) is 0.877. The van der Waals surface area contributed by atoms with Crippen molar-refractivity contribution >= 4 is 21.7 Å². The Hall–Kier alpha value is -1.34. The molecular weight excluding hydrogens is 264 g/mol. The lowest BCUT2D eigenvalue weighted by Crippen LogP contribution is -2.48. The lowest BCUT2D eigenvalue weighted by Gasteiger charge is -2.34. The number of rotatable bonds is 4. The van der Waals surface area contributed by atoms with E-state index in [2.05, 4.69) is 15.2 Å². The van der Waals surface area contributed by atoms with Gasteiger partial charge in [-0.3, -0.25) is 0 Å². The molecule has 1 N–H and O–H groups in total. The maximum Gasteiger partial charge on any atom is 0.211 e. The molecule has 1 fully saturated rings. The third-order valence-corrected chi connectivity index (χ3v) is 4.43. The van der Waals surface area contributed by atoms with E-state index in [9.17, 15) is 8.42 Å².